The van der Waals surface area contributed by atoms with Crippen molar-refractivity contribution in [1.29, 1.82) is 0 Å². The van der Waals surface area contributed by atoms with Crippen LogP contribution in [0.3, 0.4) is 0 Å². The molecule has 0 spiro atoms. The molecule has 0 bridgehead atoms. The average Bonchev–Trinajstić information content (AvgIpc) is 3.31. The van der Waals surface area contributed by atoms with E-state index < -0.39 is 203 Å². The van der Waals surface area contributed by atoms with Crippen LogP contribution >= 0.6 is 0 Å². The summed E-state index contributed by atoms with van der Waals surface area (Å²) in [6, 6.07) is 0. The van der Waals surface area contributed by atoms with Crippen LogP contribution in [0.1, 0.15) is 54.9 Å². The number of aliphatic hydroxyl groups is 13. The highest BCUT2D eigenvalue weighted by Crippen LogP contribution is 2.40. The summed E-state index contributed by atoms with van der Waals surface area (Å²) in [7, 11) is 0. The molecule has 0 saturated carbocycles. The standard InChI is InChI=1S/C42H72O27/c1-8-9-57-40-34(28(54)21(47)14(4)59-40)68-42-36(33(23(49)16(6)61-42)67-39-30(56)27(53)24(50)18(10-43)64-39)69-37-12(2)31(25(51)19(11-44)63-37)65-41-35(62-17(7)45)32(22(48)15(5)60-41)66-38-29(55)26(52)20(46)13(3)58-38/h12-16,18-44,46-56H,8-11H2,1-7H3/t12-,13?,14?,15?,16?,18-,19?,20-,21-,22-,23-,24+,25+,26?,27?,28?,29-,30?,31?,32?,33?,34-,35-,36-,37-,38-,39+,40+,41-,42-/m0/s1. The third-order valence-corrected chi connectivity index (χ3v) is 13.4. The Balaban J connectivity index is 1.33. The third kappa shape index (κ3) is 12.2. The number of aliphatic hydroxyl groups excluding tert-OH is 13. The van der Waals surface area contributed by atoms with Crippen LogP contribution in [-0.2, 0) is 66.4 Å². The number of carbonyl (C=O) groups excluding carboxylic acids is 1. The minimum Gasteiger partial charge on any atom is -0.454 e. The van der Waals surface area contributed by atoms with E-state index in [1.165, 1.54) is 34.6 Å². The second kappa shape index (κ2) is 24.2. The number of esters is 1. The van der Waals surface area contributed by atoms with Crippen molar-refractivity contribution < 1.29 is 133 Å². The molecular formula is C42H72O27. The summed E-state index contributed by atoms with van der Waals surface area (Å²) in [5, 5.41) is 141. The maximum absolute atomic E-state index is 12.6. The Morgan fingerprint density at radius 3 is 1.36 bits per heavy atom. The monoisotopic (exact) mass is 1010 g/mol. The SMILES string of the molecule is CCCO[C@@H]1OC(C)[C@H](O)C(O)[C@@H]1O[C@@H]1OC(C)[C@H](O)C(O[C@H]2O[C@@H](CO)[C@@H](O)C(O)C2O)[C@@H]1O[C@@H]1OC(CO)[C@@H](O)C(O[C@@H]2OC(C)[C@H](O)C(O[C@@H]3OC(C)[C@H](O)C(O)[C@@H]3O)[C@@H]2OC(C)=O)[C@@H]1C. The van der Waals surface area contributed by atoms with Crippen LogP contribution in [0.15, 0.2) is 0 Å². The zero-order chi connectivity index (χ0) is 50.9. The summed E-state index contributed by atoms with van der Waals surface area (Å²) in [6.45, 7) is 8.43. The Labute approximate surface area is 397 Å². The van der Waals surface area contributed by atoms with Gasteiger partial charge in [-0.15, -0.1) is 0 Å². The van der Waals surface area contributed by atoms with Crippen molar-refractivity contribution >= 4 is 5.97 Å². The molecule has 0 amide bonds. The fourth-order valence-corrected chi connectivity index (χ4v) is 9.12. The van der Waals surface area contributed by atoms with E-state index >= 15 is 0 Å². The summed E-state index contributed by atoms with van der Waals surface area (Å²) in [6.07, 6.45) is -45.7. The molecule has 0 aliphatic carbocycles. The van der Waals surface area contributed by atoms with Gasteiger partial charge in [-0.3, -0.25) is 4.79 Å². The fourth-order valence-electron chi connectivity index (χ4n) is 9.12. The van der Waals surface area contributed by atoms with Gasteiger partial charge in [0.1, 0.15) is 104 Å². The predicted octanol–water partition coefficient (Wildman–Crippen LogP) is -6.71. The molecule has 12 unspecified atom stereocenters. The molecule has 6 aliphatic rings. The van der Waals surface area contributed by atoms with Gasteiger partial charge in [0.05, 0.1) is 43.7 Å². The summed E-state index contributed by atoms with van der Waals surface area (Å²) in [5.41, 5.74) is 0. The van der Waals surface area contributed by atoms with Crippen LogP contribution in [-0.4, -0.2) is 270 Å². The highest BCUT2D eigenvalue weighted by Gasteiger charge is 2.58. The van der Waals surface area contributed by atoms with Crippen LogP contribution in [0.25, 0.3) is 0 Å². The number of hydrogen-bond donors (Lipinski definition) is 13. The van der Waals surface area contributed by atoms with Gasteiger partial charge in [-0.05, 0) is 34.1 Å². The summed E-state index contributed by atoms with van der Waals surface area (Å²) in [5.74, 6) is -2.11. The summed E-state index contributed by atoms with van der Waals surface area (Å²) >= 11 is 0. The molecule has 6 rings (SSSR count). The van der Waals surface area contributed by atoms with Crippen molar-refractivity contribution in [1.82, 2.24) is 0 Å². The second-order valence-corrected chi connectivity index (χ2v) is 18.5. The Morgan fingerprint density at radius 1 is 0.406 bits per heavy atom. The Kier molecular flexibility index (Phi) is 19.9. The summed E-state index contributed by atoms with van der Waals surface area (Å²) < 4.78 is 77.9. The van der Waals surface area contributed by atoms with Crippen LogP contribution in [0, 0.1) is 5.92 Å². The van der Waals surface area contributed by atoms with Gasteiger partial charge in [0.15, 0.2) is 43.8 Å². The molecule has 27 nitrogen and oxygen atoms in total. The van der Waals surface area contributed by atoms with E-state index in [0.717, 1.165) is 6.92 Å². The van der Waals surface area contributed by atoms with Crippen molar-refractivity contribution in [2.24, 2.45) is 5.92 Å². The number of ether oxygens (including phenoxy) is 13. The molecule has 0 aromatic rings. The van der Waals surface area contributed by atoms with E-state index in [1.807, 2.05) is 6.92 Å². The maximum atomic E-state index is 12.6. The first kappa shape index (κ1) is 56.8. The number of carbonyl (C=O) groups is 1. The fraction of sp³-hybridized carbons (Fsp3) is 0.976. The lowest BCUT2D eigenvalue weighted by Gasteiger charge is -2.51. The molecule has 6 heterocycles. The molecule has 0 radical (unpaired) electrons. The number of rotatable bonds is 16. The Bertz CT molecular complexity index is 1600. The third-order valence-electron chi connectivity index (χ3n) is 13.4. The molecule has 30 atom stereocenters. The van der Waals surface area contributed by atoms with E-state index in [9.17, 15) is 71.2 Å². The first-order valence-corrected chi connectivity index (χ1v) is 23.2. The second-order valence-electron chi connectivity index (χ2n) is 18.5. The Hall–Kier alpha value is -1.53. The molecule has 13 N–H and O–H groups in total. The minimum absolute atomic E-state index is 0.125. The highest BCUT2D eigenvalue weighted by molar-refractivity contribution is 5.66. The molecule has 6 saturated heterocycles. The van der Waals surface area contributed by atoms with Gasteiger partial charge in [0.2, 0.25) is 0 Å². The predicted molar refractivity (Wildman–Crippen MR) is 220 cm³/mol. The maximum Gasteiger partial charge on any atom is 0.303 e. The van der Waals surface area contributed by atoms with Gasteiger partial charge in [0, 0.05) is 19.4 Å². The molecule has 402 valence electrons. The zero-order valence-corrected chi connectivity index (χ0v) is 39.2. The molecule has 69 heavy (non-hydrogen) atoms. The van der Waals surface area contributed by atoms with E-state index in [1.54, 1.807) is 0 Å². The topological polar surface area (TPSA) is 400 Å². The first-order chi connectivity index (χ1) is 32.5. The van der Waals surface area contributed by atoms with Crippen molar-refractivity contribution in [3.63, 3.8) is 0 Å². The minimum atomic E-state index is -1.98. The molecule has 6 fully saturated rings. The highest BCUT2D eigenvalue weighted by atomic mass is 16.8. The van der Waals surface area contributed by atoms with Crippen LogP contribution < -0.4 is 0 Å². The van der Waals surface area contributed by atoms with Crippen LogP contribution in [0.5, 0.6) is 0 Å². The molecule has 0 aromatic carbocycles. The normalized spacial score (nSPS) is 52.1. The van der Waals surface area contributed by atoms with Crippen molar-refractivity contribution in [2.75, 3.05) is 19.8 Å². The molecule has 0 aromatic heterocycles. The van der Waals surface area contributed by atoms with Crippen LogP contribution in [0.4, 0.5) is 0 Å². The molecule has 6 aliphatic heterocycles. The van der Waals surface area contributed by atoms with E-state index in [4.69, 9.17) is 61.6 Å². The average molecular weight is 1010 g/mol. The number of hydrogen-bond acceptors (Lipinski definition) is 27. The smallest absolute Gasteiger partial charge is 0.303 e. The van der Waals surface area contributed by atoms with Gasteiger partial charge >= 0.3 is 5.97 Å². The molecular weight excluding hydrogens is 936 g/mol. The quantitative estimate of drug-likeness (QED) is 0.0639. The van der Waals surface area contributed by atoms with Gasteiger partial charge < -0.3 is 128 Å². The lowest BCUT2D eigenvalue weighted by atomic mass is 9.91. The first-order valence-electron chi connectivity index (χ1n) is 23.2. The molecule has 27 heteroatoms. The lowest BCUT2D eigenvalue weighted by molar-refractivity contribution is -0.409. The van der Waals surface area contributed by atoms with Gasteiger partial charge in [-0.25, -0.2) is 0 Å². The lowest BCUT2D eigenvalue weighted by Crippen LogP contribution is -2.68. The van der Waals surface area contributed by atoms with E-state index in [-0.39, 0.29) is 6.61 Å². The van der Waals surface area contributed by atoms with E-state index in [0.29, 0.717) is 6.42 Å². The largest absolute Gasteiger partial charge is 0.454 e. The van der Waals surface area contributed by atoms with Gasteiger partial charge in [-0.1, -0.05) is 13.8 Å². The Morgan fingerprint density at radius 2 is 0.812 bits per heavy atom. The van der Waals surface area contributed by atoms with Crippen LogP contribution in [0.2, 0.25) is 0 Å². The van der Waals surface area contributed by atoms with Crippen molar-refractivity contribution in [3.05, 3.63) is 0 Å². The zero-order valence-electron chi connectivity index (χ0n) is 39.2. The van der Waals surface area contributed by atoms with Gasteiger partial charge in [0.25, 0.3) is 0 Å². The van der Waals surface area contributed by atoms with Crippen molar-refractivity contribution in [2.45, 2.75) is 233 Å². The summed E-state index contributed by atoms with van der Waals surface area (Å²) in [4.78, 5) is 12.6. The van der Waals surface area contributed by atoms with Crippen molar-refractivity contribution in [3.8, 4) is 0 Å². The van der Waals surface area contributed by atoms with Gasteiger partial charge in [-0.2, -0.15) is 0 Å². The van der Waals surface area contributed by atoms with E-state index in [2.05, 4.69) is 0 Å².